The van der Waals surface area contributed by atoms with Crippen LogP contribution in [0.3, 0.4) is 0 Å². The molecule has 1 rings (SSSR count). The van der Waals surface area contributed by atoms with E-state index < -0.39 is 23.8 Å². The molecule has 118 valence electrons. The molecule has 21 heavy (non-hydrogen) atoms. The van der Waals surface area contributed by atoms with Crippen molar-refractivity contribution in [1.82, 2.24) is 5.06 Å². The van der Waals surface area contributed by atoms with Crippen molar-refractivity contribution in [3.8, 4) is 0 Å². The highest BCUT2D eigenvalue weighted by Crippen LogP contribution is 2.13. The Morgan fingerprint density at radius 3 is 2.29 bits per heavy atom. The van der Waals surface area contributed by atoms with Crippen molar-refractivity contribution in [2.24, 2.45) is 0 Å². The van der Waals surface area contributed by atoms with Gasteiger partial charge < -0.3 is 14.3 Å². The van der Waals surface area contributed by atoms with Crippen molar-refractivity contribution < 1.29 is 33.5 Å². The van der Waals surface area contributed by atoms with Crippen molar-refractivity contribution in [3.05, 3.63) is 0 Å². The van der Waals surface area contributed by atoms with Crippen molar-refractivity contribution in [2.75, 3.05) is 19.8 Å². The summed E-state index contributed by atoms with van der Waals surface area (Å²) >= 11 is 0. The topological polar surface area (TPSA) is 99.2 Å². The Bertz CT molecular complexity index is 391. The van der Waals surface area contributed by atoms with Crippen LogP contribution in [0, 0.1) is 0 Å². The normalized spacial score (nSPS) is 14.4. The predicted octanol–water partition coefficient (Wildman–Crippen LogP) is 0.344. The lowest BCUT2D eigenvalue weighted by atomic mass is 10.2. The van der Waals surface area contributed by atoms with E-state index in [1.54, 1.807) is 0 Å². The first-order valence-electron chi connectivity index (χ1n) is 6.84. The molecule has 8 nitrogen and oxygen atoms in total. The van der Waals surface area contributed by atoms with E-state index >= 15 is 0 Å². The lowest BCUT2D eigenvalue weighted by Gasteiger charge is -2.12. The van der Waals surface area contributed by atoms with Gasteiger partial charge in [-0.2, -0.15) is 0 Å². The van der Waals surface area contributed by atoms with E-state index in [1.165, 1.54) is 0 Å². The number of amides is 2. The van der Waals surface area contributed by atoms with Gasteiger partial charge in [-0.05, 0) is 13.3 Å². The maximum atomic E-state index is 11.4. The number of nitrogens with zero attached hydrogens (tertiary/aromatic N) is 1. The molecule has 2 amide bonds. The standard InChI is InChI=1S/C13H19NO7/c1-2-19-8-9-20-12(17)4-3-5-13(18)21-14-10(15)6-7-11(14)16/h2-9H2,1H3. The van der Waals surface area contributed by atoms with E-state index in [9.17, 15) is 19.2 Å². The summed E-state index contributed by atoms with van der Waals surface area (Å²) in [6, 6.07) is 0. The number of hydrogen-bond acceptors (Lipinski definition) is 7. The van der Waals surface area contributed by atoms with Crippen molar-refractivity contribution in [2.45, 2.75) is 39.0 Å². The molecule has 0 atom stereocenters. The summed E-state index contributed by atoms with van der Waals surface area (Å²) < 4.78 is 9.86. The van der Waals surface area contributed by atoms with Gasteiger partial charge in [0, 0.05) is 32.3 Å². The average molecular weight is 301 g/mol. The van der Waals surface area contributed by atoms with E-state index in [1.807, 2.05) is 6.92 Å². The molecule has 0 N–H and O–H groups in total. The first-order chi connectivity index (χ1) is 10.0. The van der Waals surface area contributed by atoms with Crippen molar-refractivity contribution in [3.63, 3.8) is 0 Å². The summed E-state index contributed by atoms with van der Waals surface area (Å²) in [5.74, 6) is -2.20. The second-order valence-electron chi connectivity index (χ2n) is 4.32. The molecule has 1 heterocycles. The minimum atomic E-state index is -0.722. The van der Waals surface area contributed by atoms with Crippen LogP contribution in [0.25, 0.3) is 0 Å². The smallest absolute Gasteiger partial charge is 0.333 e. The van der Waals surface area contributed by atoms with Gasteiger partial charge in [-0.1, -0.05) is 0 Å². The minimum Gasteiger partial charge on any atom is -0.463 e. The van der Waals surface area contributed by atoms with Crippen LogP contribution >= 0.6 is 0 Å². The molecule has 0 aromatic rings. The fourth-order valence-electron chi connectivity index (χ4n) is 1.61. The van der Waals surface area contributed by atoms with Gasteiger partial charge in [0.05, 0.1) is 6.61 Å². The van der Waals surface area contributed by atoms with E-state index in [4.69, 9.17) is 9.47 Å². The molecule has 0 aliphatic carbocycles. The van der Waals surface area contributed by atoms with Crippen LogP contribution in [-0.2, 0) is 33.5 Å². The highest BCUT2D eigenvalue weighted by atomic mass is 16.7. The van der Waals surface area contributed by atoms with E-state index in [2.05, 4.69) is 4.84 Å². The number of rotatable bonds is 9. The van der Waals surface area contributed by atoms with Crippen LogP contribution < -0.4 is 0 Å². The molecule has 0 aromatic carbocycles. The van der Waals surface area contributed by atoms with Crippen LogP contribution in [0.5, 0.6) is 0 Å². The third-order valence-corrected chi connectivity index (χ3v) is 2.66. The maximum absolute atomic E-state index is 11.4. The first-order valence-corrected chi connectivity index (χ1v) is 6.84. The van der Waals surface area contributed by atoms with Gasteiger partial charge in [0.2, 0.25) is 0 Å². The van der Waals surface area contributed by atoms with Gasteiger partial charge in [0.1, 0.15) is 6.61 Å². The van der Waals surface area contributed by atoms with Crippen LogP contribution in [0.4, 0.5) is 0 Å². The molecule has 1 fully saturated rings. The van der Waals surface area contributed by atoms with Crippen LogP contribution in [-0.4, -0.2) is 48.6 Å². The number of ether oxygens (including phenoxy) is 2. The number of carbonyl (C=O) groups is 4. The molecular weight excluding hydrogens is 282 g/mol. The van der Waals surface area contributed by atoms with Crippen LogP contribution in [0.1, 0.15) is 39.0 Å². The largest absolute Gasteiger partial charge is 0.463 e. The highest BCUT2D eigenvalue weighted by Gasteiger charge is 2.32. The summed E-state index contributed by atoms with van der Waals surface area (Å²) in [5, 5.41) is 0.489. The van der Waals surface area contributed by atoms with E-state index in [0.717, 1.165) is 0 Å². The summed E-state index contributed by atoms with van der Waals surface area (Å²) in [4.78, 5) is 49.8. The van der Waals surface area contributed by atoms with Gasteiger partial charge in [-0.3, -0.25) is 14.4 Å². The number of hydrogen-bond donors (Lipinski definition) is 0. The fourth-order valence-corrected chi connectivity index (χ4v) is 1.61. The summed E-state index contributed by atoms with van der Waals surface area (Å²) in [7, 11) is 0. The third-order valence-electron chi connectivity index (χ3n) is 2.66. The molecule has 0 saturated carbocycles. The molecule has 1 saturated heterocycles. The molecule has 1 aliphatic rings. The lowest BCUT2D eigenvalue weighted by Crippen LogP contribution is -2.32. The minimum absolute atomic E-state index is 0.0538. The highest BCUT2D eigenvalue weighted by molar-refractivity contribution is 6.01. The SMILES string of the molecule is CCOCCOC(=O)CCCC(=O)ON1C(=O)CCC1=O. The zero-order valence-corrected chi connectivity index (χ0v) is 12.0. The average Bonchev–Trinajstić information content (AvgIpc) is 2.75. The number of hydroxylamine groups is 2. The second kappa shape index (κ2) is 9.06. The van der Waals surface area contributed by atoms with Gasteiger partial charge >= 0.3 is 11.9 Å². The first kappa shape index (κ1) is 17.1. The Hall–Kier alpha value is -1.96. The maximum Gasteiger partial charge on any atom is 0.333 e. The van der Waals surface area contributed by atoms with Gasteiger partial charge in [-0.25, -0.2) is 4.79 Å². The Labute approximate surface area is 122 Å². The summed E-state index contributed by atoms with van der Waals surface area (Å²) in [5.41, 5.74) is 0. The monoisotopic (exact) mass is 301 g/mol. The Morgan fingerprint density at radius 1 is 1.05 bits per heavy atom. The fraction of sp³-hybridized carbons (Fsp3) is 0.692. The molecule has 0 unspecified atom stereocenters. The van der Waals surface area contributed by atoms with Crippen molar-refractivity contribution in [1.29, 1.82) is 0 Å². The molecule has 0 bridgehead atoms. The Morgan fingerprint density at radius 2 is 1.67 bits per heavy atom. The molecule has 0 spiro atoms. The molecule has 0 aromatic heterocycles. The number of esters is 1. The summed E-state index contributed by atoms with van der Waals surface area (Å²) in [6.07, 6.45) is 0.319. The second-order valence-corrected chi connectivity index (χ2v) is 4.32. The molecule has 1 aliphatic heterocycles. The van der Waals surface area contributed by atoms with Crippen LogP contribution in [0.2, 0.25) is 0 Å². The molecule has 0 radical (unpaired) electrons. The third kappa shape index (κ3) is 6.35. The van der Waals surface area contributed by atoms with E-state index in [-0.39, 0.29) is 38.7 Å². The lowest BCUT2D eigenvalue weighted by molar-refractivity contribution is -0.197. The van der Waals surface area contributed by atoms with E-state index in [0.29, 0.717) is 18.3 Å². The summed E-state index contributed by atoms with van der Waals surface area (Å²) in [6.45, 7) is 2.90. The van der Waals surface area contributed by atoms with Gasteiger partial charge in [-0.15, -0.1) is 5.06 Å². The quantitative estimate of drug-likeness (QED) is 0.344. The molecule has 8 heteroatoms. The van der Waals surface area contributed by atoms with Crippen molar-refractivity contribution >= 4 is 23.8 Å². The zero-order valence-electron chi connectivity index (χ0n) is 12.0. The number of carbonyl (C=O) groups excluding carboxylic acids is 4. The molecular formula is C13H19NO7. The number of imide groups is 1. The van der Waals surface area contributed by atoms with Crippen LogP contribution in [0.15, 0.2) is 0 Å². The Kier molecular flexibility index (Phi) is 7.38. The predicted molar refractivity (Wildman–Crippen MR) is 68.5 cm³/mol. The zero-order chi connectivity index (χ0) is 15.7. The van der Waals surface area contributed by atoms with Gasteiger partial charge in [0.15, 0.2) is 0 Å². The Balaban J connectivity index is 2.11. The van der Waals surface area contributed by atoms with Gasteiger partial charge in [0.25, 0.3) is 11.8 Å².